The van der Waals surface area contributed by atoms with Crippen molar-refractivity contribution >= 4 is 35.1 Å². The molecule has 4 aliphatic rings. The summed E-state index contributed by atoms with van der Waals surface area (Å²) in [5, 5.41) is 21.5. The van der Waals surface area contributed by atoms with Crippen molar-refractivity contribution in [2.45, 2.75) is 89.0 Å². The molecular formula is C32H39ClN4O5. The number of carbonyl (C=O) groups is 2. The Morgan fingerprint density at radius 3 is 2.71 bits per heavy atom. The highest BCUT2D eigenvalue weighted by Gasteiger charge is 2.43. The Balaban J connectivity index is 1.31. The van der Waals surface area contributed by atoms with Gasteiger partial charge >= 0.3 is 0 Å². The number of alkyl halides is 1. The van der Waals surface area contributed by atoms with Gasteiger partial charge in [-0.2, -0.15) is 0 Å². The number of nitrogens with one attached hydrogen (secondary N) is 1. The van der Waals surface area contributed by atoms with Gasteiger partial charge in [0.25, 0.3) is 5.91 Å². The van der Waals surface area contributed by atoms with E-state index in [9.17, 15) is 19.8 Å². The zero-order valence-corrected chi connectivity index (χ0v) is 25.0. The van der Waals surface area contributed by atoms with Gasteiger partial charge in [-0.25, -0.2) is 9.97 Å². The highest BCUT2D eigenvalue weighted by Crippen LogP contribution is 2.34. The fourth-order valence-corrected chi connectivity index (χ4v) is 6.10. The van der Waals surface area contributed by atoms with Gasteiger partial charge in [-0.3, -0.25) is 9.59 Å². The molecule has 2 amide bonds. The third kappa shape index (κ3) is 6.69. The normalized spacial score (nSPS) is 21.8. The van der Waals surface area contributed by atoms with Crippen molar-refractivity contribution in [1.29, 1.82) is 0 Å². The zero-order chi connectivity index (χ0) is 29.9. The van der Waals surface area contributed by atoms with Gasteiger partial charge < -0.3 is 25.2 Å². The topological polar surface area (TPSA) is 125 Å². The number of fused-ring (bicyclic) bond motifs is 1. The van der Waals surface area contributed by atoms with E-state index in [4.69, 9.17) is 26.3 Å². The van der Waals surface area contributed by atoms with Crippen LogP contribution in [0.4, 0.5) is 0 Å². The maximum atomic E-state index is 13.6. The molecular weight excluding hydrogens is 556 g/mol. The molecule has 5 rings (SSSR count). The van der Waals surface area contributed by atoms with Crippen LogP contribution in [0.3, 0.4) is 0 Å². The predicted octanol–water partition coefficient (Wildman–Crippen LogP) is 4.10. The molecule has 1 unspecified atom stereocenters. The monoisotopic (exact) mass is 594 g/mol. The second kappa shape index (κ2) is 12.9. The van der Waals surface area contributed by atoms with Gasteiger partial charge in [0.2, 0.25) is 5.91 Å². The molecule has 224 valence electrons. The molecule has 1 aromatic rings. The van der Waals surface area contributed by atoms with Crippen molar-refractivity contribution in [2.75, 3.05) is 13.1 Å². The van der Waals surface area contributed by atoms with Crippen molar-refractivity contribution < 1.29 is 24.5 Å². The number of piperidine rings is 1. The number of rotatable bonds is 8. The number of amides is 2. The minimum atomic E-state index is -1.32. The van der Waals surface area contributed by atoms with E-state index >= 15 is 0 Å². The standard InChI is InChI=1S/C32H39ClN4O5/c1-3-6-24-20(2)42-32(36-30(24)40)15-17-37(18-16-32)31(41)22-11-14-25-27(19-22)34-26(7-4-5-8-28(38)39)29(35-25)21-9-12-23(33)13-10-21/h3,6,9-10,12,19,23,28,38-39H,4-5,7-8,11,13-18H2,1-2H3,(H,36,40)/b6-3-. The molecule has 1 fully saturated rings. The number of halogens is 1. The first-order valence-electron chi connectivity index (χ1n) is 14.8. The number of carbonyl (C=O) groups excluding carboxylic acids is 2. The summed E-state index contributed by atoms with van der Waals surface area (Å²) < 4.78 is 6.19. The van der Waals surface area contributed by atoms with Crippen LogP contribution < -0.4 is 5.32 Å². The highest BCUT2D eigenvalue weighted by atomic mass is 35.5. The van der Waals surface area contributed by atoms with E-state index in [1.807, 2.05) is 43.1 Å². The van der Waals surface area contributed by atoms with E-state index in [2.05, 4.69) is 11.4 Å². The largest absolute Gasteiger partial charge is 0.472 e. The average molecular weight is 595 g/mol. The summed E-state index contributed by atoms with van der Waals surface area (Å²) in [6.07, 6.45) is 15.4. The first kappa shape index (κ1) is 30.2. The van der Waals surface area contributed by atoms with E-state index in [1.54, 1.807) is 6.08 Å². The van der Waals surface area contributed by atoms with E-state index in [1.165, 1.54) is 0 Å². The number of aromatic nitrogens is 2. The van der Waals surface area contributed by atoms with Crippen molar-refractivity contribution in [3.8, 4) is 0 Å². The third-order valence-electron chi connectivity index (χ3n) is 8.24. The number of nitrogens with zero attached hydrogens (tertiary/aromatic N) is 3. The van der Waals surface area contributed by atoms with E-state index in [0.717, 1.165) is 41.2 Å². The fourth-order valence-electron chi connectivity index (χ4n) is 5.94. The smallest absolute Gasteiger partial charge is 0.257 e. The molecule has 0 radical (unpaired) electrons. The number of aryl methyl sites for hydroxylation is 2. The molecule has 1 aromatic heterocycles. The summed E-state index contributed by atoms with van der Waals surface area (Å²) in [6, 6.07) is 0. The highest BCUT2D eigenvalue weighted by molar-refractivity contribution is 6.22. The van der Waals surface area contributed by atoms with Gasteiger partial charge in [0, 0.05) is 31.5 Å². The van der Waals surface area contributed by atoms with Gasteiger partial charge in [0.15, 0.2) is 12.0 Å². The zero-order valence-electron chi connectivity index (χ0n) is 24.2. The number of allylic oxidation sites excluding steroid dienone is 6. The lowest BCUT2D eigenvalue weighted by Gasteiger charge is -2.44. The summed E-state index contributed by atoms with van der Waals surface area (Å²) in [4.78, 5) is 38.1. The molecule has 3 N–H and O–H groups in total. The van der Waals surface area contributed by atoms with Crippen molar-refractivity contribution in [1.82, 2.24) is 20.2 Å². The van der Waals surface area contributed by atoms with E-state index in [-0.39, 0.29) is 17.2 Å². The second-order valence-corrected chi connectivity index (χ2v) is 11.9. The minimum Gasteiger partial charge on any atom is -0.472 e. The maximum Gasteiger partial charge on any atom is 0.257 e. The Bertz CT molecular complexity index is 1390. The Kier molecular flexibility index (Phi) is 9.30. The van der Waals surface area contributed by atoms with Gasteiger partial charge in [0.05, 0.1) is 33.7 Å². The van der Waals surface area contributed by atoms with Crippen LogP contribution in [0.1, 0.15) is 81.6 Å². The van der Waals surface area contributed by atoms with Crippen molar-refractivity contribution in [3.05, 3.63) is 70.1 Å². The first-order valence-corrected chi connectivity index (χ1v) is 15.3. The van der Waals surface area contributed by atoms with Crippen LogP contribution in [0.5, 0.6) is 0 Å². The Morgan fingerprint density at radius 1 is 1.26 bits per heavy atom. The lowest BCUT2D eigenvalue weighted by atomic mass is 9.93. The van der Waals surface area contributed by atoms with Crippen LogP contribution >= 0.6 is 11.6 Å². The van der Waals surface area contributed by atoms with Crippen LogP contribution in [0, 0.1) is 0 Å². The number of aliphatic hydroxyl groups is 2. The SMILES string of the molecule is C/C=C\C1=C(C)OC2(CCN(C(=O)C3=Cc4nc(CCCCC(O)O)c(C5=CCC(Cl)C=C5)nc4CC3)CC2)NC1=O. The quantitative estimate of drug-likeness (QED) is 0.235. The lowest BCUT2D eigenvalue weighted by Crippen LogP contribution is -2.59. The molecule has 2 aliphatic heterocycles. The van der Waals surface area contributed by atoms with Crippen LogP contribution in [0.25, 0.3) is 11.6 Å². The molecule has 2 aliphatic carbocycles. The molecule has 1 saturated heterocycles. The average Bonchev–Trinajstić information content (AvgIpc) is 2.97. The van der Waals surface area contributed by atoms with Crippen LogP contribution in [0.2, 0.25) is 0 Å². The Hall–Kier alpha value is -3.27. The van der Waals surface area contributed by atoms with E-state index in [0.29, 0.717) is 74.9 Å². The lowest BCUT2D eigenvalue weighted by molar-refractivity contribution is -0.142. The van der Waals surface area contributed by atoms with Crippen LogP contribution in [-0.4, -0.2) is 67.4 Å². The van der Waals surface area contributed by atoms with Gasteiger partial charge in [-0.15, -0.1) is 11.6 Å². The summed E-state index contributed by atoms with van der Waals surface area (Å²) in [6.45, 7) is 4.62. The maximum absolute atomic E-state index is 13.6. The second-order valence-electron chi connectivity index (χ2n) is 11.3. The Labute approximate surface area is 251 Å². The summed E-state index contributed by atoms with van der Waals surface area (Å²) in [5.74, 6) is 0.438. The molecule has 0 aromatic carbocycles. The number of ether oxygens (including phenoxy) is 1. The van der Waals surface area contributed by atoms with Crippen molar-refractivity contribution in [2.24, 2.45) is 0 Å². The molecule has 10 heteroatoms. The number of hydrogen-bond acceptors (Lipinski definition) is 7. The number of unbranched alkanes of at least 4 members (excludes halogenated alkanes) is 1. The summed E-state index contributed by atoms with van der Waals surface area (Å²) in [7, 11) is 0. The number of likely N-dealkylation sites (tertiary alicyclic amines) is 1. The van der Waals surface area contributed by atoms with Gasteiger partial charge in [0.1, 0.15) is 5.76 Å². The summed E-state index contributed by atoms with van der Waals surface area (Å²) in [5.41, 5.74) is 4.69. The van der Waals surface area contributed by atoms with Gasteiger partial charge in [-0.05, 0) is 70.4 Å². The van der Waals surface area contributed by atoms with Crippen LogP contribution in [-0.2, 0) is 27.2 Å². The molecule has 42 heavy (non-hydrogen) atoms. The third-order valence-corrected chi connectivity index (χ3v) is 8.56. The number of aliphatic hydroxyl groups excluding tert-OH is 1. The Morgan fingerprint density at radius 2 is 2.05 bits per heavy atom. The summed E-state index contributed by atoms with van der Waals surface area (Å²) >= 11 is 6.25. The molecule has 0 saturated carbocycles. The number of hydrogen-bond donors (Lipinski definition) is 3. The van der Waals surface area contributed by atoms with Crippen LogP contribution in [0.15, 0.2) is 47.3 Å². The minimum absolute atomic E-state index is 0.0186. The molecule has 1 spiro atoms. The molecule has 0 bridgehead atoms. The fraction of sp³-hybridized carbons (Fsp3) is 0.500. The van der Waals surface area contributed by atoms with Crippen molar-refractivity contribution in [3.63, 3.8) is 0 Å². The van der Waals surface area contributed by atoms with E-state index < -0.39 is 12.0 Å². The molecule has 9 nitrogen and oxygen atoms in total. The molecule has 3 heterocycles. The molecule has 1 atom stereocenters. The van der Waals surface area contributed by atoms with Gasteiger partial charge in [-0.1, -0.05) is 30.4 Å². The predicted molar refractivity (Wildman–Crippen MR) is 161 cm³/mol. The first-order chi connectivity index (χ1) is 20.2.